The van der Waals surface area contributed by atoms with Gasteiger partial charge in [0, 0.05) is 17.2 Å². The van der Waals surface area contributed by atoms with Gasteiger partial charge in [0.15, 0.2) is 6.29 Å². The standard InChI is InChI=1S/C21H26O4/c1-22-13-7-5-9-16-15-19(23-2)17-10-3-4-11-18(17)21(16)25-20-12-6-8-14-24-20/h3-4,7,10-11,13,15,20H,5-6,8-9,12,14H2,1-2H3/b13-7-. The van der Waals surface area contributed by atoms with Crippen molar-refractivity contribution in [2.24, 2.45) is 0 Å². The van der Waals surface area contributed by atoms with E-state index in [9.17, 15) is 0 Å². The Bertz CT molecular complexity index is 717. The molecule has 1 saturated heterocycles. The van der Waals surface area contributed by atoms with Crippen LogP contribution in [0.3, 0.4) is 0 Å². The Hall–Kier alpha value is -2.20. The van der Waals surface area contributed by atoms with Gasteiger partial charge >= 0.3 is 0 Å². The molecule has 1 atom stereocenters. The van der Waals surface area contributed by atoms with Gasteiger partial charge in [0.1, 0.15) is 11.5 Å². The van der Waals surface area contributed by atoms with Gasteiger partial charge in [0.2, 0.25) is 0 Å². The molecule has 1 unspecified atom stereocenters. The maximum atomic E-state index is 6.32. The van der Waals surface area contributed by atoms with Crippen molar-refractivity contribution in [3.05, 3.63) is 48.2 Å². The van der Waals surface area contributed by atoms with E-state index in [0.29, 0.717) is 0 Å². The Balaban J connectivity index is 1.97. The first-order valence-electron chi connectivity index (χ1n) is 8.88. The van der Waals surface area contributed by atoms with Gasteiger partial charge in [-0.2, -0.15) is 0 Å². The first-order chi connectivity index (χ1) is 12.3. The number of rotatable bonds is 7. The minimum Gasteiger partial charge on any atom is -0.505 e. The molecule has 1 aliphatic heterocycles. The average molecular weight is 342 g/mol. The lowest BCUT2D eigenvalue weighted by atomic mass is 10.0. The van der Waals surface area contributed by atoms with Crippen LogP contribution in [0.25, 0.3) is 10.8 Å². The lowest BCUT2D eigenvalue weighted by Gasteiger charge is -2.26. The van der Waals surface area contributed by atoms with Crippen molar-refractivity contribution in [1.29, 1.82) is 0 Å². The molecule has 4 heteroatoms. The third kappa shape index (κ3) is 4.26. The van der Waals surface area contributed by atoms with Crippen LogP contribution in [0, 0.1) is 0 Å². The Morgan fingerprint density at radius 3 is 2.72 bits per heavy atom. The molecule has 0 aromatic heterocycles. The molecule has 0 bridgehead atoms. The number of allylic oxidation sites excluding steroid dienone is 1. The number of aryl methyl sites for hydroxylation is 1. The zero-order valence-corrected chi connectivity index (χ0v) is 15.0. The highest BCUT2D eigenvalue weighted by atomic mass is 16.7. The quantitative estimate of drug-likeness (QED) is 0.674. The normalized spacial score (nSPS) is 17.8. The van der Waals surface area contributed by atoms with Crippen LogP contribution in [0.15, 0.2) is 42.7 Å². The number of hydrogen-bond donors (Lipinski definition) is 0. The first kappa shape index (κ1) is 17.6. The summed E-state index contributed by atoms with van der Waals surface area (Å²) in [5.74, 6) is 1.78. The molecule has 0 aliphatic carbocycles. The summed E-state index contributed by atoms with van der Waals surface area (Å²) in [4.78, 5) is 0. The summed E-state index contributed by atoms with van der Waals surface area (Å²) < 4.78 is 22.7. The SMILES string of the molecule is CO/C=C\CCc1cc(OC)c2ccccc2c1OC1CCCCO1. The van der Waals surface area contributed by atoms with Gasteiger partial charge in [0.05, 0.1) is 27.1 Å². The van der Waals surface area contributed by atoms with Crippen LogP contribution in [-0.4, -0.2) is 27.1 Å². The summed E-state index contributed by atoms with van der Waals surface area (Å²) in [6.07, 6.45) is 8.47. The highest BCUT2D eigenvalue weighted by Gasteiger charge is 2.20. The predicted octanol–water partition coefficient (Wildman–Crippen LogP) is 4.85. The van der Waals surface area contributed by atoms with E-state index < -0.39 is 0 Å². The topological polar surface area (TPSA) is 36.9 Å². The molecule has 134 valence electrons. The van der Waals surface area contributed by atoms with Gasteiger partial charge in [-0.25, -0.2) is 0 Å². The van der Waals surface area contributed by atoms with Crippen molar-refractivity contribution < 1.29 is 18.9 Å². The van der Waals surface area contributed by atoms with Crippen molar-refractivity contribution in [1.82, 2.24) is 0 Å². The zero-order chi connectivity index (χ0) is 17.5. The van der Waals surface area contributed by atoms with Crippen LogP contribution in [0.1, 0.15) is 31.2 Å². The molecule has 25 heavy (non-hydrogen) atoms. The predicted molar refractivity (Wildman–Crippen MR) is 99.2 cm³/mol. The average Bonchev–Trinajstić information content (AvgIpc) is 2.67. The Morgan fingerprint density at radius 2 is 2.00 bits per heavy atom. The molecule has 0 amide bonds. The smallest absolute Gasteiger partial charge is 0.199 e. The maximum Gasteiger partial charge on any atom is 0.199 e. The third-order valence-corrected chi connectivity index (χ3v) is 4.45. The van der Waals surface area contributed by atoms with Gasteiger partial charge in [-0.05, 0) is 43.4 Å². The fourth-order valence-electron chi connectivity index (χ4n) is 3.20. The Kier molecular flexibility index (Phi) is 6.18. The minimum absolute atomic E-state index is 0.168. The molecule has 2 aromatic carbocycles. The highest BCUT2D eigenvalue weighted by molar-refractivity contribution is 5.94. The second-order valence-corrected chi connectivity index (χ2v) is 6.17. The molecular formula is C21H26O4. The molecule has 0 radical (unpaired) electrons. The fraction of sp³-hybridized carbons (Fsp3) is 0.429. The molecule has 4 nitrogen and oxygen atoms in total. The molecule has 0 saturated carbocycles. The number of hydrogen-bond acceptors (Lipinski definition) is 4. The van der Waals surface area contributed by atoms with Crippen molar-refractivity contribution in [2.75, 3.05) is 20.8 Å². The van der Waals surface area contributed by atoms with Gasteiger partial charge in [0.25, 0.3) is 0 Å². The van der Waals surface area contributed by atoms with Crippen LogP contribution in [0.2, 0.25) is 0 Å². The number of methoxy groups -OCH3 is 2. The first-order valence-corrected chi connectivity index (χ1v) is 8.88. The van der Waals surface area contributed by atoms with E-state index in [-0.39, 0.29) is 6.29 Å². The summed E-state index contributed by atoms with van der Waals surface area (Å²) in [7, 11) is 3.37. The van der Waals surface area contributed by atoms with Crippen molar-refractivity contribution in [2.45, 2.75) is 38.4 Å². The van der Waals surface area contributed by atoms with E-state index >= 15 is 0 Å². The molecule has 0 N–H and O–H groups in total. The minimum atomic E-state index is -0.168. The summed E-state index contributed by atoms with van der Waals surface area (Å²) in [5, 5.41) is 2.13. The van der Waals surface area contributed by atoms with E-state index in [1.807, 2.05) is 18.2 Å². The van der Waals surface area contributed by atoms with Gasteiger partial charge in [-0.15, -0.1) is 0 Å². The molecule has 0 spiro atoms. The summed E-state index contributed by atoms with van der Waals surface area (Å²) in [5.41, 5.74) is 1.13. The molecule has 1 heterocycles. The van der Waals surface area contributed by atoms with Crippen LogP contribution in [-0.2, 0) is 15.9 Å². The number of benzene rings is 2. The van der Waals surface area contributed by atoms with E-state index in [1.165, 1.54) is 0 Å². The largest absolute Gasteiger partial charge is 0.505 e. The van der Waals surface area contributed by atoms with E-state index in [0.717, 1.165) is 66.5 Å². The highest BCUT2D eigenvalue weighted by Crippen LogP contribution is 2.38. The lowest BCUT2D eigenvalue weighted by molar-refractivity contribution is -0.105. The lowest BCUT2D eigenvalue weighted by Crippen LogP contribution is -2.25. The van der Waals surface area contributed by atoms with Gasteiger partial charge < -0.3 is 18.9 Å². The van der Waals surface area contributed by atoms with Crippen LogP contribution in [0.4, 0.5) is 0 Å². The number of fused-ring (bicyclic) bond motifs is 1. The van der Waals surface area contributed by atoms with E-state index in [2.05, 4.69) is 18.2 Å². The Morgan fingerprint density at radius 1 is 1.16 bits per heavy atom. The van der Waals surface area contributed by atoms with Crippen molar-refractivity contribution in [3.8, 4) is 11.5 Å². The fourth-order valence-corrected chi connectivity index (χ4v) is 3.20. The zero-order valence-electron chi connectivity index (χ0n) is 15.0. The maximum absolute atomic E-state index is 6.32. The Labute approximate surface area is 149 Å². The van der Waals surface area contributed by atoms with Crippen molar-refractivity contribution >= 4 is 10.8 Å². The monoisotopic (exact) mass is 342 g/mol. The van der Waals surface area contributed by atoms with Crippen LogP contribution < -0.4 is 9.47 Å². The number of ether oxygens (including phenoxy) is 4. The van der Waals surface area contributed by atoms with Crippen molar-refractivity contribution in [3.63, 3.8) is 0 Å². The molecule has 3 rings (SSSR count). The molecular weight excluding hydrogens is 316 g/mol. The molecule has 1 fully saturated rings. The van der Waals surface area contributed by atoms with Gasteiger partial charge in [-0.1, -0.05) is 24.3 Å². The summed E-state index contributed by atoms with van der Waals surface area (Å²) in [6.45, 7) is 0.769. The summed E-state index contributed by atoms with van der Waals surface area (Å²) in [6, 6.07) is 10.3. The molecule has 1 aliphatic rings. The summed E-state index contributed by atoms with van der Waals surface area (Å²) >= 11 is 0. The van der Waals surface area contributed by atoms with Crippen LogP contribution >= 0.6 is 0 Å². The second kappa shape index (κ2) is 8.77. The molecule has 2 aromatic rings. The van der Waals surface area contributed by atoms with E-state index in [1.54, 1.807) is 20.5 Å². The third-order valence-electron chi connectivity index (χ3n) is 4.45. The van der Waals surface area contributed by atoms with Gasteiger partial charge in [-0.3, -0.25) is 0 Å². The second-order valence-electron chi connectivity index (χ2n) is 6.17. The van der Waals surface area contributed by atoms with Crippen LogP contribution in [0.5, 0.6) is 11.5 Å². The van der Waals surface area contributed by atoms with E-state index in [4.69, 9.17) is 18.9 Å².